The molecule has 1 unspecified atom stereocenters. The second-order valence-electron chi connectivity index (χ2n) is 4.95. The van der Waals surface area contributed by atoms with Gasteiger partial charge in [0.25, 0.3) is 0 Å². The van der Waals surface area contributed by atoms with Crippen LogP contribution in [-0.2, 0) is 5.41 Å². The van der Waals surface area contributed by atoms with Gasteiger partial charge in [-0.15, -0.1) is 0 Å². The molecule has 0 bridgehead atoms. The van der Waals surface area contributed by atoms with Crippen molar-refractivity contribution in [2.24, 2.45) is 4.99 Å². The number of nitrogens with zero attached hydrogens (tertiary/aromatic N) is 1. The lowest BCUT2D eigenvalue weighted by atomic mass is 9.83. The van der Waals surface area contributed by atoms with E-state index in [0.717, 1.165) is 31.0 Å². The van der Waals surface area contributed by atoms with Crippen LogP contribution in [0.25, 0.3) is 0 Å². The first-order valence-electron chi connectivity index (χ1n) is 6.43. The van der Waals surface area contributed by atoms with Crippen LogP contribution in [0.3, 0.4) is 0 Å². The maximum Gasteiger partial charge on any atom is 0.191 e. The Kier molecular flexibility index (Phi) is 4.20. The van der Waals surface area contributed by atoms with Crippen molar-refractivity contribution >= 4 is 5.96 Å². The van der Waals surface area contributed by atoms with Gasteiger partial charge in [0, 0.05) is 25.0 Å². The molecule has 3 N–H and O–H groups in total. The number of aliphatic hydroxyl groups excluding tert-OH is 1. The molecule has 18 heavy (non-hydrogen) atoms. The first-order valence-corrected chi connectivity index (χ1v) is 6.43. The Morgan fingerprint density at radius 3 is 2.78 bits per heavy atom. The molecule has 0 radical (unpaired) electrons. The van der Waals surface area contributed by atoms with Gasteiger partial charge in [-0.3, -0.25) is 4.99 Å². The van der Waals surface area contributed by atoms with Crippen LogP contribution in [0.2, 0.25) is 0 Å². The molecule has 1 aromatic carbocycles. The van der Waals surface area contributed by atoms with E-state index in [0.29, 0.717) is 6.54 Å². The summed E-state index contributed by atoms with van der Waals surface area (Å²) < 4.78 is 0. The zero-order valence-corrected chi connectivity index (χ0v) is 10.8. The second kappa shape index (κ2) is 5.87. The largest absolute Gasteiger partial charge is 0.395 e. The summed E-state index contributed by atoms with van der Waals surface area (Å²) in [6, 6.07) is 10.1. The quantitative estimate of drug-likeness (QED) is 0.740. The minimum absolute atomic E-state index is 0.108. The minimum Gasteiger partial charge on any atom is -0.395 e. The maximum atomic E-state index is 9.67. The van der Waals surface area contributed by atoms with Gasteiger partial charge < -0.3 is 15.7 Å². The van der Waals surface area contributed by atoms with Crippen molar-refractivity contribution in [2.45, 2.75) is 18.8 Å². The smallest absolute Gasteiger partial charge is 0.191 e. The summed E-state index contributed by atoms with van der Waals surface area (Å²) in [7, 11) is 0. The molecule has 0 aromatic heterocycles. The van der Waals surface area contributed by atoms with E-state index in [1.807, 2.05) is 30.3 Å². The normalized spacial score (nSPS) is 18.4. The molecule has 2 rings (SSSR count). The lowest BCUT2D eigenvalue weighted by Crippen LogP contribution is -2.47. The van der Waals surface area contributed by atoms with Crippen molar-refractivity contribution in [1.29, 1.82) is 0 Å². The monoisotopic (exact) mass is 247 g/mol. The highest BCUT2D eigenvalue weighted by Crippen LogP contribution is 2.21. The molecule has 0 amide bonds. The van der Waals surface area contributed by atoms with E-state index in [-0.39, 0.29) is 12.0 Å². The highest BCUT2D eigenvalue weighted by Gasteiger charge is 2.26. The van der Waals surface area contributed by atoms with Crippen LogP contribution in [0.5, 0.6) is 0 Å². The molecule has 0 saturated heterocycles. The first-order chi connectivity index (χ1) is 8.74. The van der Waals surface area contributed by atoms with Crippen LogP contribution in [0.4, 0.5) is 0 Å². The molecule has 1 heterocycles. The van der Waals surface area contributed by atoms with Crippen LogP contribution in [0.1, 0.15) is 18.9 Å². The summed E-state index contributed by atoms with van der Waals surface area (Å²) in [5, 5.41) is 16.2. The van der Waals surface area contributed by atoms with E-state index in [1.54, 1.807) is 0 Å². The highest BCUT2D eigenvalue weighted by molar-refractivity contribution is 5.80. The van der Waals surface area contributed by atoms with Crippen LogP contribution in [0, 0.1) is 0 Å². The molecule has 1 aromatic rings. The number of aliphatic imine (C=N–C) groups is 1. The number of rotatable bonds is 4. The zero-order chi connectivity index (χ0) is 12.8. The lowest BCUT2D eigenvalue weighted by molar-refractivity contribution is 0.206. The molecule has 0 fully saturated rings. The van der Waals surface area contributed by atoms with Crippen molar-refractivity contribution in [3.63, 3.8) is 0 Å². The summed E-state index contributed by atoms with van der Waals surface area (Å²) in [6.45, 7) is 4.67. The van der Waals surface area contributed by atoms with Gasteiger partial charge in [0.05, 0.1) is 6.61 Å². The van der Waals surface area contributed by atoms with Gasteiger partial charge in [-0.25, -0.2) is 0 Å². The van der Waals surface area contributed by atoms with E-state index in [4.69, 9.17) is 0 Å². The van der Waals surface area contributed by atoms with Gasteiger partial charge in [0.2, 0.25) is 0 Å². The van der Waals surface area contributed by atoms with Gasteiger partial charge in [-0.1, -0.05) is 37.3 Å². The van der Waals surface area contributed by atoms with Crippen molar-refractivity contribution in [1.82, 2.24) is 10.6 Å². The Hall–Kier alpha value is -1.55. The number of benzene rings is 1. The fourth-order valence-corrected chi connectivity index (χ4v) is 2.02. The number of aliphatic hydroxyl groups is 1. The molecule has 4 heteroatoms. The third-order valence-corrected chi connectivity index (χ3v) is 3.36. The maximum absolute atomic E-state index is 9.67. The predicted molar refractivity (Wildman–Crippen MR) is 73.8 cm³/mol. The van der Waals surface area contributed by atoms with Crippen LogP contribution >= 0.6 is 0 Å². The second-order valence-corrected chi connectivity index (χ2v) is 4.95. The van der Waals surface area contributed by atoms with Crippen molar-refractivity contribution in [3.05, 3.63) is 35.9 Å². The Bertz CT molecular complexity index is 405. The standard InChI is InChI=1S/C14H21N3O/c1-14(11-18,12-6-3-2-4-7-12)10-17-13-15-8-5-9-16-13/h2-4,6-7,18H,5,8-11H2,1H3,(H2,15,16,17). The Balaban J connectivity index is 2.02. The summed E-state index contributed by atoms with van der Waals surface area (Å²) in [6.07, 6.45) is 1.08. The van der Waals surface area contributed by atoms with Gasteiger partial charge in [-0.2, -0.15) is 0 Å². The van der Waals surface area contributed by atoms with E-state index in [2.05, 4.69) is 22.5 Å². The van der Waals surface area contributed by atoms with Gasteiger partial charge in [0.1, 0.15) is 0 Å². The average Bonchev–Trinajstić information content (AvgIpc) is 2.47. The molecule has 0 saturated carbocycles. The molecule has 1 aliphatic heterocycles. The van der Waals surface area contributed by atoms with Crippen LogP contribution < -0.4 is 10.6 Å². The Labute approximate surface area is 108 Å². The topological polar surface area (TPSA) is 56.6 Å². The number of hydrogen-bond acceptors (Lipinski definition) is 4. The van der Waals surface area contributed by atoms with Gasteiger partial charge in [-0.05, 0) is 12.0 Å². The molecule has 98 valence electrons. The SMILES string of the molecule is CC(CO)(CNC1=NCCCN1)c1ccccc1. The van der Waals surface area contributed by atoms with Crippen molar-refractivity contribution in [3.8, 4) is 0 Å². The highest BCUT2D eigenvalue weighted by atomic mass is 16.3. The molecule has 4 nitrogen and oxygen atoms in total. The Morgan fingerprint density at radius 1 is 1.39 bits per heavy atom. The number of nitrogens with one attached hydrogen (secondary N) is 2. The molecular formula is C14H21N3O. The van der Waals surface area contributed by atoms with Gasteiger partial charge in [0.15, 0.2) is 5.96 Å². The third kappa shape index (κ3) is 3.01. The van der Waals surface area contributed by atoms with Crippen LogP contribution in [-0.4, -0.2) is 37.3 Å². The van der Waals surface area contributed by atoms with E-state index >= 15 is 0 Å². The summed E-state index contributed by atoms with van der Waals surface area (Å²) in [4.78, 5) is 4.37. The number of guanidine groups is 1. The average molecular weight is 247 g/mol. The molecule has 0 aliphatic carbocycles. The van der Waals surface area contributed by atoms with Gasteiger partial charge >= 0.3 is 0 Å². The molecule has 1 aliphatic rings. The van der Waals surface area contributed by atoms with Crippen molar-refractivity contribution in [2.75, 3.05) is 26.2 Å². The predicted octanol–water partition coefficient (Wildman–Crippen LogP) is 0.875. The lowest BCUT2D eigenvalue weighted by Gasteiger charge is -2.29. The third-order valence-electron chi connectivity index (χ3n) is 3.36. The fraction of sp³-hybridized carbons (Fsp3) is 0.500. The van der Waals surface area contributed by atoms with E-state index in [9.17, 15) is 5.11 Å². The Morgan fingerprint density at radius 2 is 2.17 bits per heavy atom. The fourth-order valence-electron chi connectivity index (χ4n) is 2.02. The van der Waals surface area contributed by atoms with E-state index in [1.165, 1.54) is 0 Å². The summed E-state index contributed by atoms with van der Waals surface area (Å²) in [5.41, 5.74) is 0.847. The van der Waals surface area contributed by atoms with Crippen molar-refractivity contribution < 1.29 is 5.11 Å². The molecule has 0 spiro atoms. The van der Waals surface area contributed by atoms with Crippen LogP contribution in [0.15, 0.2) is 35.3 Å². The summed E-state index contributed by atoms with van der Waals surface area (Å²) >= 11 is 0. The molecule has 1 atom stereocenters. The minimum atomic E-state index is -0.289. The van der Waals surface area contributed by atoms with E-state index < -0.39 is 0 Å². The first kappa shape index (κ1) is 12.9. The summed E-state index contributed by atoms with van der Waals surface area (Å²) in [5.74, 6) is 0.844. The number of hydrogen-bond donors (Lipinski definition) is 3. The zero-order valence-electron chi connectivity index (χ0n) is 10.8. The molecular weight excluding hydrogens is 226 g/mol.